The first kappa shape index (κ1) is 20.4. The molecular weight excluding hydrogens is 417 g/mol. The lowest BCUT2D eigenvalue weighted by molar-refractivity contribution is 0.0936. The van der Waals surface area contributed by atoms with Crippen LogP contribution in [0.3, 0.4) is 0 Å². The molecule has 3 N–H and O–H groups in total. The van der Waals surface area contributed by atoms with Gasteiger partial charge in [-0.1, -0.05) is 0 Å². The molecule has 168 valence electrons. The molecule has 3 heterocycles. The molecule has 0 saturated heterocycles. The zero-order valence-electron chi connectivity index (χ0n) is 17.7. The number of alkyl halides is 1. The van der Waals surface area contributed by atoms with Gasteiger partial charge in [0, 0.05) is 32.5 Å². The molecule has 0 aromatic carbocycles. The first-order chi connectivity index (χ1) is 15.5. The van der Waals surface area contributed by atoms with Crippen molar-refractivity contribution in [3.63, 3.8) is 0 Å². The number of methoxy groups -OCH3 is 1. The van der Waals surface area contributed by atoms with Crippen LogP contribution in [0.5, 0.6) is 0 Å². The molecule has 3 aromatic rings. The molecule has 2 aliphatic carbocycles. The van der Waals surface area contributed by atoms with Crippen LogP contribution in [0.1, 0.15) is 35.7 Å². The van der Waals surface area contributed by atoms with Crippen molar-refractivity contribution in [3.05, 3.63) is 46.5 Å². The molecule has 0 bridgehead atoms. The average Bonchev–Trinajstić information content (AvgIpc) is 3.37. The number of hydrogen-bond acceptors (Lipinski definition) is 7. The number of fused-ring (bicyclic) bond motifs is 1. The Morgan fingerprint density at radius 3 is 2.81 bits per heavy atom. The van der Waals surface area contributed by atoms with Crippen LogP contribution < -0.4 is 21.5 Å². The number of nitrogens with one attached hydrogen (secondary N) is 3. The summed E-state index contributed by atoms with van der Waals surface area (Å²) in [5.41, 5.74) is 0.742. The maximum Gasteiger partial charge on any atom is 0.274 e. The smallest absolute Gasteiger partial charge is 0.274 e. The van der Waals surface area contributed by atoms with Crippen molar-refractivity contribution >= 4 is 28.9 Å². The van der Waals surface area contributed by atoms with Crippen LogP contribution in [0.4, 0.5) is 21.7 Å². The van der Waals surface area contributed by atoms with Crippen molar-refractivity contribution < 1.29 is 13.9 Å². The second kappa shape index (κ2) is 7.90. The summed E-state index contributed by atoms with van der Waals surface area (Å²) in [6, 6.07) is 4.93. The summed E-state index contributed by atoms with van der Waals surface area (Å²) in [7, 11) is 3.34. The van der Waals surface area contributed by atoms with Crippen molar-refractivity contribution in [2.45, 2.75) is 43.6 Å². The maximum absolute atomic E-state index is 13.3. The summed E-state index contributed by atoms with van der Waals surface area (Å²) in [6.07, 6.45) is 3.77. The highest BCUT2D eigenvalue weighted by molar-refractivity contribution is 6.00. The zero-order chi connectivity index (χ0) is 22.4. The number of amides is 1. The van der Waals surface area contributed by atoms with Crippen LogP contribution in [-0.4, -0.2) is 57.5 Å². The fourth-order valence-electron chi connectivity index (χ4n) is 3.97. The topological polar surface area (TPSA) is 115 Å². The minimum Gasteiger partial charge on any atom is -0.379 e. The number of carbonyl (C=O) groups is 1. The molecular formula is C21H24FN7O3. The van der Waals surface area contributed by atoms with Crippen LogP contribution in [0.2, 0.25) is 0 Å². The highest BCUT2D eigenvalue weighted by atomic mass is 19.1. The minimum atomic E-state index is -0.855. The quantitative estimate of drug-likeness (QED) is 0.513. The second-order valence-electron chi connectivity index (χ2n) is 8.14. The van der Waals surface area contributed by atoms with Gasteiger partial charge in [0.05, 0.1) is 18.3 Å². The standard InChI is InChI=1S/C21H24FN7O3/c1-23-18-9-17(25-14-4-3-5-28(21(14)31)12-6-11(22)7-12)27-19-13(10-24-29(18)19)20(30)26-15-8-16(15)32-2/h3-5,9-12,15-16,23H,6-8H2,1-2H3,(H,25,27)(H,26,30)/t11-,12-,15?,16-/m0/s1. The lowest BCUT2D eigenvalue weighted by atomic mass is 9.90. The third kappa shape index (κ3) is 3.58. The van der Waals surface area contributed by atoms with E-state index in [1.165, 1.54) is 10.7 Å². The monoisotopic (exact) mass is 441 g/mol. The number of nitrogens with zero attached hydrogens (tertiary/aromatic N) is 4. The van der Waals surface area contributed by atoms with Crippen molar-refractivity contribution in [1.29, 1.82) is 0 Å². The van der Waals surface area contributed by atoms with Crippen LogP contribution in [0.25, 0.3) is 5.65 Å². The molecule has 0 aliphatic heterocycles. The Bertz CT molecular complexity index is 1230. The Morgan fingerprint density at radius 1 is 1.31 bits per heavy atom. The van der Waals surface area contributed by atoms with Crippen molar-refractivity contribution in [2.24, 2.45) is 0 Å². The molecule has 2 fully saturated rings. The van der Waals surface area contributed by atoms with Gasteiger partial charge in [-0.2, -0.15) is 9.61 Å². The largest absolute Gasteiger partial charge is 0.379 e. The molecule has 0 spiro atoms. The highest BCUT2D eigenvalue weighted by Gasteiger charge is 2.39. The maximum atomic E-state index is 13.3. The molecule has 5 rings (SSSR count). The van der Waals surface area contributed by atoms with Gasteiger partial charge >= 0.3 is 0 Å². The molecule has 1 amide bonds. The Hall–Kier alpha value is -3.47. The number of rotatable bonds is 7. The zero-order valence-corrected chi connectivity index (χ0v) is 17.7. The number of anilines is 3. The number of halogens is 1. The third-order valence-electron chi connectivity index (χ3n) is 6.01. The fourth-order valence-corrected chi connectivity index (χ4v) is 3.97. The van der Waals surface area contributed by atoms with E-state index in [1.807, 2.05) is 0 Å². The van der Waals surface area contributed by atoms with Gasteiger partial charge in [0.25, 0.3) is 11.5 Å². The lowest BCUT2D eigenvalue weighted by Crippen LogP contribution is -2.35. The van der Waals surface area contributed by atoms with Gasteiger partial charge < -0.3 is 25.3 Å². The summed E-state index contributed by atoms with van der Waals surface area (Å²) < 4.78 is 21.6. The number of hydrogen-bond donors (Lipinski definition) is 3. The predicted molar refractivity (Wildman–Crippen MR) is 116 cm³/mol. The number of ether oxygens (including phenoxy) is 1. The summed E-state index contributed by atoms with van der Waals surface area (Å²) in [5, 5.41) is 13.3. The van der Waals surface area contributed by atoms with Gasteiger partial charge in [0.1, 0.15) is 29.1 Å². The third-order valence-corrected chi connectivity index (χ3v) is 6.01. The number of aromatic nitrogens is 4. The van der Waals surface area contributed by atoms with Gasteiger partial charge in [0.2, 0.25) is 0 Å². The highest BCUT2D eigenvalue weighted by Crippen LogP contribution is 2.33. The van der Waals surface area contributed by atoms with Crippen LogP contribution in [-0.2, 0) is 4.74 Å². The Kier molecular flexibility index (Phi) is 5.04. The van der Waals surface area contributed by atoms with Gasteiger partial charge in [-0.15, -0.1) is 0 Å². The van der Waals surface area contributed by atoms with E-state index in [4.69, 9.17) is 4.74 Å². The first-order valence-corrected chi connectivity index (χ1v) is 10.5. The van der Waals surface area contributed by atoms with Gasteiger partial charge in [-0.25, -0.2) is 9.37 Å². The summed E-state index contributed by atoms with van der Waals surface area (Å²) in [6.45, 7) is 0. The molecule has 2 aliphatic rings. The Labute approximate surface area is 182 Å². The van der Waals surface area contributed by atoms with Crippen molar-refractivity contribution in [2.75, 3.05) is 24.8 Å². The molecule has 10 nitrogen and oxygen atoms in total. The molecule has 1 unspecified atom stereocenters. The van der Waals surface area contributed by atoms with Gasteiger partial charge in [-0.3, -0.25) is 9.59 Å². The number of pyridine rings is 1. The van der Waals surface area contributed by atoms with Gasteiger partial charge in [-0.05, 0) is 31.4 Å². The van der Waals surface area contributed by atoms with E-state index in [1.54, 1.807) is 43.1 Å². The number of carbonyl (C=O) groups excluding carboxylic acids is 1. The fraction of sp³-hybridized carbons (Fsp3) is 0.429. The van der Waals surface area contributed by atoms with E-state index in [-0.39, 0.29) is 29.7 Å². The van der Waals surface area contributed by atoms with Crippen LogP contribution in [0, 0.1) is 0 Å². The van der Waals surface area contributed by atoms with E-state index in [0.717, 1.165) is 6.42 Å². The summed E-state index contributed by atoms with van der Waals surface area (Å²) in [4.78, 5) is 30.2. The Balaban J connectivity index is 1.45. The van der Waals surface area contributed by atoms with Crippen molar-refractivity contribution in [3.8, 4) is 0 Å². The minimum absolute atomic E-state index is 0.0225. The van der Waals surface area contributed by atoms with Crippen molar-refractivity contribution in [1.82, 2.24) is 24.5 Å². The second-order valence-corrected chi connectivity index (χ2v) is 8.14. The van der Waals surface area contributed by atoms with E-state index in [2.05, 4.69) is 26.0 Å². The van der Waals surface area contributed by atoms with E-state index in [9.17, 15) is 14.0 Å². The predicted octanol–water partition coefficient (Wildman–Crippen LogP) is 1.87. The summed E-state index contributed by atoms with van der Waals surface area (Å²) in [5.74, 6) is 0.682. The Morgan fingerprint density at radius 2 is 2.12 bits per heavy atom. The van der Waals surface area contributed by atoms with Gasteiger partial charge in [0.15, 0.2) is 5.65 Å². The SMILES string of the molecule is CNc1cc(Nc2cccn([C@H]3C[C@H](F)C3)c2=O)nc2c(C(=O)NC3C[C@@H]3OC)cnn12. The first-order valence-electron chi connectivity index (χ1n) is 10.5. The average molecular weight is 441 g/mol. The van der Waals surface area contributed by atoms with E-state index >= 15 is 0 Å². The van der Waals surface area contributed by atoms with E-state index in [0.29, 0.717) is 41.4 Å². The molecule has 3 aromatic heterocycles. The molecule has 11 heteroatoms. The molecule has 32 heavy (non-hydrogen) atoms. The lowest BCUT2D eigenvalue weighted by Gasteiger charge is -2.31. The van der Waals surface area contributed by atoms with E-state index < -0.39 is 6.17 Å². The van der Waals surface area contributed by atoms with Crippen LogP contribution >= 0.6 is 0 Å². The molecule has 2 saturated carbocycles. The summed E-state index contributed by atoms with van der Waals surface area (Å²) >= 11 is 0. The molecule has 2 atom stereocenters. The molecule has 0 radical (unpaired) electrons. The van der Waals surface area contributed by atoms with Crippen LogP contribution in [0.15, 0.2) is 35.4 Å². The normalized spacial score (nSPS) is 24.1.